The van der Waals surface area contributed by atoms with Crippen LogP contribution in [0, 0.1) is 5.92 Å². The van der Waals surface area contributed by atoms with Crippen molar-refractivity contribution < 1.29 is 0 Å². The minimum atomic E-state index is 0.772. The number of nitrogens with zero attached hydrogens (tertiary/aromatic N) is 1. The van der Waals surface area contributed by atoms with Crippen molar-refractivity contribution in [2.75, 3.05) is 37.7 Å². The molecular formula is C13H26N2S. The predicted molar refractivity (Wildman–Crippen MR) is 73.2 cm³/mol. The topological polar surface area (TPSA) is 15.3 Å². The van der Waals surface area contributed by atoms with Crippen LogP contribution in [0.25, 0.3) is 0 Å². The van der Waals surface area contributed by atoms with Crippen LogP contribution in [0.5, 0.6) is 0 Å². The van der Waals surface area contributed by atoms with E-state index in [0.29, 0.717) is 0 Å². The third-order valence-corrected chi connectivity index (χ3v) is 5.11. The van der Waals surface area contributed by atoms with E-state index in [-0.39, 0.29) is 0 Å². The highest BCUT2D eigenvalue weighted by atomic mass is 32.2. The van der Waals surface area contributed by atoms with Gasteiger partial charge in [0.25, 0.3) is 0 Å². The number of thioether (sulfide) groups is 1. The lowest BCUT2D eigenvalue weighted by Crippen LogP contribution is -2.41. The standard InChI is InChI=1S/C13H26N2S/c1-2-15(10-12-4-3-5-12)8-6-13-11-16-9-7-14-13/h12-14H,2-11H2,1H3. The van der Waals surface area contributed by atoms with Crippen LogP contribution in [-0.2, 0) is 0 Å². The van der Waals surface area contributed by atoms with Gasteiger partial charge >= 0.3 is 0 Å². The Morgan fingerprint density at radius 2 is 2.25 bits per heavy atom. The van der Waals surface area contributed by atoms with Gasteiger partial charge in [-0.1, -0.05) is 13.3 Å². The number of hydrogen-bond donors (Lipinski definition) is 1. The molecule has 1 N–H and O–H groups in total. The number of hydrogen-bond acceptors (Lipinski definition) is 3. The molecule has 0 aromatic carbocycles. The first-order valence-electron chi connectivity index (χ1n) is 6.92. The van der Waals surface area contributed by atoms with Crippen LogP contribution in [0.1, 0.15) is 32.6 Å². The predicted octanol–water partition coefficient (Wildman–Crippen LogP) is 2.20. The molecule has 1 unspecified atom stereocenters. The molecule has 94 valence electrons. The Balaban J connectivity index is 1.61. The van der Waals surface area contributed by atoms with Crippen LogP contribution < -0.4 is 5.32 Å². The van der Waals surface area contributed by atoms with Gasteiger partial charge in [-0.2, -0.15) is 11.8 Å². The Morgan fingerprint density at radius 3 is 2.81 bits per heavy atom. The highest BCUT2D eigenvalue weighted by molar-refractivity contribution is 7.99. The van der Waals surface area contributed by atoms with Gasteiger partial charge in [-0.05, 0) is 38.3 Å². The normalized spacial score (nSPS) is 27.0. The molecule has 1 saturated heterocycles. The van der Waals surface area contributed by atoms with Gasteiger partial charge in [-0.25, -0.2) is 0 Å². The summed E-state index contributed by atoms with van der Waals surface area (Å²) in [7, 11) is 0. The molecule has 0 aromatic rings. The van der Waals surface area contributed by atoms with Crippen LogP contribution in [0.3, 0.4) is 0 Å². The summed E-state index contributed by atoms with van der Waals surface area (Å²) in [5, 5.41) is 3.63. The smallest absolute Gasteiger partial charge is 0.0170 e. The van der Waals surface area contributed by atoms with Gasteiger partial charge < -0.3 is 10.2 Å². The van der Waals surface area contributed by atoms with Gasteiger partial charge in [0.1, 0.15) is 0 Å². The Labute approximate surface area is 105 Å². The van der Waals surface area contributed by atoms with E-state index in [2.05, 4.69) is 28.9 Å². The second-order valence-electron chi connectivity index (χ2n) is 5.20. The third kappa shape index (κ3) is 3.94. The quantitative estimate of drug-likeness (QED) is 0.769. The van der Waals surface area contributed by atoms with Gasteiger partial charge in [0.05, 0.1) is 0 Å². The van der Waals surface area contributed by atoms with Gasteiger partial charge in [-0.15, -0.1) is 0 Å². The molecule has 2 rings (SSSR count). The second-order valence-corrected chi connectivity index (χ2v) is 6.35. The third-order valence-electron chi connectivity index (χ3n) is 3.98. The van der Waals surface area contributed by atoms with E-state index < -0.39 is 0 Å². The zero-order valence-corrected chi connectivity index (χ0v) is 11.4. The SMILES string of the molecule is CCN(CCC1CSCCN1)CC1CCC1. The maximum atomic E-state index is 3.63. The summed E-state index contributed by atoms with van der Waals surface area (Å²) in [6.07, 6.45) is 5.78. The van der Waals surface area contributed by atoms with E-state index in [1.165, 1.54) is 63.4 Å². The van der Waals surface area contributed by atoms with Crippen LogP contribution >= 0.6 is 11.8 Å². The molecule has 2 nitrogen and oxygen atoms in total. The average Bonchev–Trinajstić information content (AvgIpc) is 2.28. The summed E-state index contributed by atoms with van der Waals surface area (Å²) in [6, 6.07) is 0.772. The Hall–Kier alpha value is 0.270. The molecule has 0 amide bonds. The van der Waals surface area contributed by atoms with E-state index >= 15 is 0 Å². The van der Waals surface area contributed by atoms with Crippen molar-refractivity contribution in [2.45, 2.75) is 38.6 Å². The molecule has 1 saturated carbocycles. The van der Waals surface area contributed by atoms with E-state index in [1.54, 1.807) is 0 Å². The van der Waals surface area contributed by atoms with Crippen molar-refractivity contribution in [1.82, 2.24) is 10.2 Å². The largest absolute Gasteiger partial charge is 0.312 e. The zero-order valence-electron chi connectivity index (χ0n) is 10.6. The summed E-state index contributed by atoms with van der Waals surface area (Å²) in [5.41, 5.74) is 0. The van der Waals surface area contributed by atoms with Gasteiger partial charge in [0.2, 0.25) is 0 Å². The lowest BCUT2D eigenvalue weighted by molar-refractivity contribution is 0.178. The van der Waals surface area contributed by atoms with Crippen LogP contribution in [0.4, 0.5) is 0 Å². The molecule has 16 heavy (non-hydrogen) atoms. The van der Waals surface area contributed by atoms with Crippen molar-refractivity contribution in [2.24, 2.45) is 5.92 Å². The fourth-order valence-electron chi connectivity index (χ4n) is 2.56. The van der Waals surface area contributed by atoms with Crippen molar-refractivity contribution in [3.63, 3.8) is 0 Å². The van der Waals surface area contributed by atoms with Gasteiger partial charge in [-0.3, -0.25) is 0 Å². The first-order chi connectivity index (χ1) is 7.88. The summed E-state index contributed by atoms with van der Waals surface area (Å²) < 4.78 is 0. The van der Waals surface area contributed by atoms with Crippen molar-refractivity contribution in [3.8, 4) is 0 Å². The average molecular weight is 242 g/mol. The highest BCUT2D eigenvalue weighted by Crippen LogP contribution is 2.27. The Morgan fingerprint density at radius 1 is 1.38 bits per heavy atom. The van der Waals surface area contributed by atoms with Crippen LogP contribution in [-0.4, -0.2) is 48.6 Å². The van der Waals surface area contributed by atoms with E-state index in [9.17, 15) is 0 Å². The van der Waals surface area contributed by atoms with Crippen molar-refractivity contribution in [3.05, 3.63) is 0 Å². The molecule has 0 radical (unpaired) electrons. The fraction of sp³-hybridized carbons (Fsp3) is 1.00. The van der Waals surface area contributed by atoms with E-state index in [0.717, 1.165) is 12.0 Å². The first-order valence-corrected chi connectivity index (χ1v) is 8.07. The van der Waals surface area contributed by atoms with E-state index in [4.69, 9.17) is 0 Å². The minimum Gasteiger partial charge on any atom is -0.312 e. The summed E-state index contributed by atoms with van der Waals surface area (Å²) in [4.78, 5) is 2.66. The molecule has 1 aliphatic carbocycles. The molecule has 3 heteroatoms. The van der Waals surface area contributed by atoms with Crippen molar-refractivity contribution >= 4 is 11.8 Å². The fourth-order valence-corrected chi connectivity index (χ4v) is 3.56. The molecular weight excluding hydrogens is 216 g/mol. The maximum Gasteiger partial charge on any atom is 0.0170 e. The van der Waals surface area contributed by atoms with Gasteiger partial charge in [0.15, 0.2) is 0 Å². The van der Waals surface area contributed by atoms with E-state index in [1.807, 2.05) is 0 Å². The highest BCUT2D eigenvalue weighted by Gasteiger charge is 2.20. The van der Waals surface area contributed by atoms with Crippen LogP contribution in [0.2, 0.25) is 0 Å². The Kier molecular flexibility index (Phi) is 5.46. The molecule has 0 bridgehead atoms. The molecule has 1 aliphatic heterocycles. The lowest BCUT2D eigenvalue weighted by Gasteiger charge is -2.33. The maximum absolute atomic E-state index is 3.63. The summed E-state index contributed by atoms with van der Waals surface area (Å²) >= 11 is 2.11. The molecule has 0 spiro atoms. The minimum absolute atomic E-state index is 0.772. The van der Waals surface area contributed by atoms with Crippen LogP contribution in [0.15, 0.2) is 0 Å². The van der Waals surface area contributed by atoms with Gasteiger partial charge in [0, 0.05) is 30.6 Å². The summed E-state index contributed by atoms with van der Waals surface area (Å²) in [5.74, 6) is 3.64. The number of nitrogens with one attached hydrogen (secondary N) is 1. The molecule has 2 fully saturated rings. The molecule has 1 heterocycles. The summed E-state index contributed by atoms with van der Waals surface area (Å²) in [6.45, 7) is 7.41. The zero-order chi connectivity index (χ0) is 11.2. The molecule has 1 atom stereocenters. The first kappa shape index (κ1) is 12.7. The van der Waals surface area contributed by atoms with Crippen molar-refractivity contribution in [1.29, 1.82) is 0 Å². The molecule has 0 aromatic heterocycles. The Bertz CT molecular complexity index is 188. The monoisotopic (exact) mass is 242 g/mol. The lowest BCUT2D eigenvalue weighted by atomic mass is 9.85. The number of rotatable bonds is 6. The molecule has 2 aliphatic rings. The second kappa shape index (κ2) is 6.87.